The smallest absolute Gasteiger partial charge is 0.290 e. The first-order valence-corrected chi connectivity index (χ1v) is 13.8. The minimum Gasteiger partial charge on any atom is -0.378 e. The maximum atomic E-state index is 13.8. The maximum Gasteiger partial charge on any atom is 0.290 e. The molecule has 2 saturated heterocycles. The third-order valence-electron chi connectivity index (χ3n) is 7.85. The van der Waals surface area contributed by atoms with Gasteiger partial charge in [-0.1, -0.05) is 19.1 Å². The summed E-state index contributed by atoms with van der Waals surface area (Å²) in [5, 5.41) is 0. The van der Waals surface area contributed by atoms with E-state index in [-0.39, 0.29) is 11.4 Å². The van der Waals surface area contributed by atoms with Gasteiger partial charge in [0.1, 0.15) is 5.82 Å². The molecule has 1 amide bonds. The van der Waals surface area contributed by atoms with Crippen LogP contribution in [0.3, 0.4) is 0 Å². The molecule has 206 valence electrons. The molecule has 11 heteroatoms. The maximum absolute atomic E-state index is 13.8. The van der Waals surface area contributed by atoms with E-state index in [1.165, 1.54) is 0 Å². The first kappa shape index (κ1) is 25.7. The number of morpholine rings is 1. The van der Waals surface area contributed by atoms with Gasteiger partial charge in [0.15, 0.2) is 17.0 Å². The van der Waals surface area contributed by atoms with Crippen LogP contribution in [-0.2, 0) is 18.2 Å². The van der Waals surface area contributed by atoms with Crippen molar-refractivity contribution < 1.29 is 9.53 Å². The summed E-state index contributed by atoms with van der Waals surface area (Å²) in [5.41, 5.74) is 3.22. The second-order valence-electron chi connectivity index (χ2n) is 11.3. The highest BCUT2D eigenvalue weighted by atomic mass is 16.5. The Labute approximate surface area is 228 Å². The Morgan fingerprint density at radius 1 is 0.949 bits per heavy atom. The summed E-state index contributed by atoms with van der Waals surface area (Å²) in [6, 6.07) is 8.04. The second kappa shape index (κ2) is 9.87. The van der Waals surface area contributed by atoms with Crippen molar-refractivity contribution in [2.75, 3.05) is 57.4 Å². The average Bonchev–Trinajstić information content (AvgIpc) is 3.50. The number of hydrogen-bond donors (Lipinski definition) is 0. The monoisotopic (exact) mass is 531 g/mol. The van der Waals surface area contributed by atoms with Crippen molar-refractivity contribution in [3.8, 4) is 5.95 Å². The van der Waals surface area contributed by atoms with Crippen LogP contribution < -0.4 is 4.90 Å². The van der Waals surface area contributed by atoms with Crippen LogP contribution in [0.15, 0.2) is 24.3 Å². The molecular formula is C28H37N9O2. The average molecular weight is 532 g/mol. The predicted molar refractivity (Wildman–Crippen MR) is 151 cm³/mol. The lowest BCUT2D eigenvalue weighted by Crippen LogP contribution is -2.54. The van der Waals surface area contributed by atoms with E-state index in [0.717, 1.165) is 42.2 Å². The van der Waals surface area contributed by atoms with Gasteiger partial charge in [0.25, 0.3) is 5.91 Å². The lowest BCUT2D eigenvalue weighted by atomic mass is 10.0. The molecular weight excluding hydrogens is 494 g/mol. The summed E-state index contributed by atoms with van der Waals surface area (Å²) in [6.45, 7) is 14.4. The summed E-state index contributed by atoms with van der Waals surface area (Å²) in [6.07, 6.45) is 0.735. The van der Waals surface area contributed by atoms with Gasteiger partial charge in [0, 0.05) is 58.3 Å². The molecule has 2 fully saturated rings. The van der Waals surface area contributed by atoms with Crippen molar-refractivity contribution in [2.45, 2.75) is 39.7 Å². The van der Waals surface area contributed by atoms with Gasteiger partial charge in [-0.2, -0.15) is 9.97 Å². The predicted octanol–water partition coefficient (Wildman–Crippen LogP) is 2.66. The van der Waals surface area contributed by atoms with Crippen molar-refractivity contribution in [2.24, 2.45) is 7.05 Å². The zero-order chi connectivity index (χ0) is 27.3. The van der Waals surface area contributed by atoms with Crippen LogP contribution in [0.25, 0.3) is 28.1 Å². The second-order valence-corrected chi connectivity index (χ2v) is 11.3. The third kappa shape index (κ3) is 4.53. The molecule has 0 saturated carbocycles. The molecule has 0 atom stereocenters. The molecule has 5 heterocycles. The van der Waals surface area contributed by atoms with Crippen molar-refractivity contribution >= 4 is 33.9 Å². The molecule has 0 unspecified atom stereocenters. The molecule has 2 aliphatic heterocycles. The number of fused-ring (bicyclic) bond motifs is 2. The zero-order valence-electron chi connectivity index (χ0n) is 23.5. The highest BCUT2D eigenvalue weighted by molar-refractivity contribution is 5.96. The van der Waals surface area contributed by atoms with E-state index in [9.17, 15) is 4.79 Å². The summed E-state index contributed by atoms with van der Waals surface area (Å²) < 4.78 is 9.47. The van der Waals surface area contributed by atoms with Gasteiger partial charge in [-0.25, -0.2) is 9.97 Å². The summed E-state index contributed by atoms with van der Waals surface area (Å²) in [5.74, 6) is 2.47. The van der Waals surface area contributed by atoms with Crippen LogP contribution in [0.4, 0.5) is 5.82 Å². The molecule has 1 aromatic carbocycles. The fourth-order valence-corrected chi connectivity index (χ4v) is 5.58. The zero-order valence-corrected chi connectivity index (χ0v) is 23.5. The number of carbonyl (C=O) groups is 1. The van der Waals surface area contributed by atoms with E-state index in [1.54, 1.807) is 0 Å². The summed E-state index contributed by atoms with van der Waals surface area (Å²) in [7, 11) is 1.88. The van der Waals surface area contributed by atoms with Gasteiger partial charge >= 0.3 is 0 Å². The van der Waals surface area contributed by atoms with Crippen LogP contribution in [0.5, 0.6) is 0 Å². The SMILES string of the molecule is CCc1nc2ccccc2n1-c1nc(N2CCOCC2)c2nc(C(=O)N3CCN(C(C)(C)C)CC3)n(C)c2n1. The number of carbonyl (C=O) groups excluding carboxylic acids is 1. The first-order chi connectivity index (χ1) is 18.8. The first-order valence-electron chi connectivity index (χ1n) is 13.8. The van der Waals surface area contributed by atoms with Crippen LogP contribution in [-0.4, -0.2) is 103 Å². The number of aromatic nitrogens is 6. The molecule has 3 aromatic heterocycles. The molecule has 0 aliphatic carbocycles. The minimum atomic E-state index is -0.0686. The largest absolute Gasteiger partial charge is 0.378 e. The number of nitrogens with zero attached hydrogens (tertiary/aromatic N) is 9. The topological polar surface area (TPSA) is 97.4 Å². The Balaban J connectivity index is 1.45. The fraction of sp³-hybridized carbons (Fsp3) is 0.536. The van der Waals surface area contributed by atoms with E-state index in [1.807, 2.05) is 45.3 Å². The minimum absolute atomic E-state index is 0.0686. The van der Waals surface area contributed by atoms with Crippen LogP contribution in [0.2, 0.25) is 0 Å². The van der Waals surface area contributed by atoms with Crippen molar-refractivity contribution in [3.05, 3.63) is 35.9 Å². The Kier molecular flexibility index (Phi) is 6.50. The molecule has 11 nitrogen and oxygen atoms in total. The number of benzene rings is 1. The van der Waals surface area contributed by atoms with Crippen molar-refractivity contribution in [1.82, 2.24) is 38.9 Å². The van der Waals surface area contributed by atoms with Gasteiger partial charge in [0.2, 0.25) is 11.8 Å². The third-order valence-corrected chi connectivity index (χ3v) is 7.85. The lowest BCUT2D eigenvalue weighted by molar-refractivity contribution is 0.0440. The van der Waals surface area contributed by atoms with E-state index in [4.69, 9.17) is 24.7 Å². The molecule has 4 aromatic rings. The van der Waals surface area contributed by atoms with Gasteiger partial charge in [-0.05, 0) is 32.9 Å². The number of ether oxygens (including phenoxy) is 1. The molecule has 0 radical (unpaired) electrons. The molecule has 39 heavy (non-hydrogen) atoms. The number of imidazole rings is 2. The van der Waals surface area contributed by atoms with E-state index >= 15 is 0 Å². The summed E-state index contributed by atoms with van der Waals surface area (Å²) >= 11 is 0. The van der Waals surface area contributed by atoms with E-state index in [0.29, 0.717) is 62.3 Å². The number of aryl methyl sites for hydroxylation is 2. The number of para-hydroxylation sites is 2. The van der Waals surface area contributed by atoms with Crippen molar-refractivity contribution in [1.29, 1.82) is 0 Å². The normalized spacial score (nSPS) is 17.5. The number of piperazine rings is 1. The quantitative estimate of drug-likeness (QED) is 0.397. The van der Waals surface area contributed by atoms with Crippen LogP contribution >= 0.6 is 0 Å². The Hall–Kier alpha value is -3.57. The number of hydrogen-bond acceptors (Lipinski definition) is 8. The number of anilines is 1. The Morgan fingerprint density at radius 3 is 2.36 bits per heavy atom. The Morgan fingerprint density at radius 2 is 1.67 bits per heavy atom. The molecule has 6 rings (SSSR count). The Bertz CT molecular complexity index is 1520. The fourth-order valence-electron chi connectivity index (χ4n) is 5.58. The standard InChI is InChI=1S/C28H37N9O2/c1-6-21-29-19-9-7-8-10-20(19)37(21)27-31-23-22(24(32-27)34-15-17-39-18-16-34)30-25(33(23)5)26(38)35-11-13-36(14-12-35)28(2,3)4/h7-10H,6,11-18H2,1-5H3. The molecule has 0 spiro atoms. The highest BCUT2D eigenvalue weighted by Gasteiger charge is 2.32. The van der Waals surface area contributed by atoms with Crippen LogP contribution in [0, 0.1) is 0 Å². The van der Waals surface area contributed by atoms with Crippen molar-refractivity contribution in [3.63, 3.8) is 0 Å². The summed E-state index contributed by atoms with van der Waals surface area (Å²) in [4.78, 5) is 40.0. The number of rotatable bonds is 4. The van der Waals surface area contributed by atoms with Gasteiger partial charge in [-0.15, -0.1) is 0 Å². The number of amides is 1. The van der Waals surface area contributed by atoms with E-state index < -0.39 is 0 Å². The molecule has 2 aliphatic rings. The van der Waals surface area contributed by atoms with Crippen LogP contribution in [0.1, 0.15) is 44.1 Å². The van der Waals surface area contributed by atoms with Gasteiger partial charge < -0.3 is 19.1 Å². The van der Waals surface area contributed by atoms with E-state index in [2.05, 4.69) is 37.5 Å². The molecule has 0 bridgehead atoms. The lowest BCUT2D eigenvalue weighted by Gasteiger charge is -2.42. The van der Waals surface area contributed by atoms with Gasteiger partial charge in [-0.3, -0.25) is 14.3 Å². The molecule has 0 N–H and O–H groups in total. The highest BCUT2D eigenvalue weighted by Crippen LogP contribution is 2.29. The van der Waals surface area contributed by atoms with Gasteiger partial charge in [0.05, 0.1) is 24.2 Å².